The van der Waals surface area contributed by atoms with E-state index in [1.54, 1.807) is 6.20 Å². The molecule has 2 atom stereocenters. The van der Waals surface area contributed by atoms with Crippen molar-refractivity contribution in [3.63, 3.8) is 0 Å². The van der Waals surface area contributed by atoms with E-state index in [9.17, 15) is 4.79 Å². The molecule has 0 amide bonds. The second kappa shape index (κ2) is 13.5. The molecule has 2 aliphatic rings. The van der Waals surface area contributed by atoms with Crippen molar-refractivity contribution in [2.45, 2.75) is 43.5 Å². The zero-order chi connectivity index (χ0) is 30.6. The minimum Gasteiger partial charge on any atom is -0.367 e. The van der Waals surface area contributed by atoms with Crippen LogP contribution in [-0.4, -0.2) is 64.8 Å². The number of fused-ring (bicyclic) bond motifs is 1. The van der Waals surface area contributed by atoms with Crippen LogP contribution in [0.5, 0.6) is 0 Å². The molecule has 0 spiro atoms. The topological polar surface area (TPSA) is 93.4 Å². The van der Waals surface area contributed by atoms with Gasteiger partial charge in [-0.2, -0.15) is 4.98 Å². The van der Waals surface area contributed by atoms with E-state index in [1.807, 2.05) is 53.1 Å². The zero-order valence-corrected chi connectivity index (χ0v) is 25.7. The first kappa shape index (κ1) is 30.2. The number of benzene rings is 2. The molecule has 0 radical (unpaired) electrons. The number of anilines is 1. The summed E-state index contributed by atoms with van der Waals surface area (Å²) >= 11 is 6.29. The summed E-state index contributed by atoms with van der Waals surface area (Å²) in [5, 5.41) is 4.51. The van der Waals surface area contributed by atoms with Crippen LogP contribution in [0.1, 0.15) is 43.1 Å². The summed E-state index contributed by atoms with van der Waals surface area (Å²) in [6.45, 7) is 4.21. The van der Waals surface area contributed by atoms with Crippen LogP contribution in [0.3, 0.4) is 0 Å². The molecule has 1 fully saturated rings. The molecule has 44 heavy (non-hydrogen) atoms. The van der Waals surface area contributed by atoms with Crippen LogP contribution in [0.2, 0.25) is 0 Å². The highest BCUT2D eigenvalue weighted by atomic mass is 35.5. The van der Waals surface area contributed by atoms with Crippen molar-refractivity contribution in [1.82, 2.24) is 19.6 Å². The SMILES string of the molecule is CN1CCN(c2cc3c(cc2F)c(=O)c(-c2noc(C(CCCCN)c4ccccc4)n2)cn3CC2=CCC(Cl)C=C2)CC1. The molecule has 0 bridgehead atoms. The van der Waals surface area contributed by atoms with E-state index in [2.05, 4.69) is 28.1 Å². The number of nitrogens with zero attached hydrogens (tertiary/aromatic N) is 5. The van der Waals surface area contributed by atoms with Crippen molar-refractivity contribution in [2.75, 3.05) is 44.7 Å². The van der Waals surface area contributed by atoms with Gasteiger partial charge >= 0.3 is 0 Å². The normalized spacial score (nSPS) is 18.1. The summed E-state index contributed by atoms with van der Waals surface area (Å²) in [4.78, 5) is 23.0. The maximum absolute atomic E-state index is 15.7. The third kappa shape index (κ3) is 6.50. The molecule has 10 heteroatoms. The number of alkyl halides is 1. The molecule has 2 aromatic heterocycles. The van der Waals surface area contributed by atoms with E-state index < -0.39 is 5.82 Å². The van der Waals surface area contributed by atoms with Crippen LogP contribution in [0.25, 0.3) is 22.3 Å². The van der Waals surface area contributed by atoms with E-state index in [4.69, 9.17) is 26.8 Å². The number of likely N-dealkylation sites (N-methyl/N-ethyl adjacent to an activating group) is 1. The van der Waals surface area contributed by atoms with E-state index in [1.165, 1.54) is 6.07 Å². The number of hydrogen-bond acceptors (Lipinski definition) is 7. The van der Waals surface area contributed by atoms with Crippen LogP contribution in [0, 0.1) is 5.82 Å². The largest absolute Gasteiger partial charge is 0.367 e. The number of piperazine rings is 1. The minimum atomic E-state index is -0.414. The smallest absolute Gasteiger partial charge is 0.234 e. The minimum absolute atomic E-state index is 0.0434. The summed E-state index contributed by atoms with van der Waals surface area (Å²) in [6, 6.07) is 13.2. The fraction of sp³-hybridized carbons (Fsp3) is 0.382. The maximum Gasteiger partial charge on any atom is 0.234 e. The molecule has 8 nitrogen and oxygen atoms in total. The Balaban J connectivity index is 1.43. The highest BCUT2D eigenvalue weighted by Gasteiger charge is 2.25. The lowest BCUT2D eigenvalue weighted by Gasteiger charge is -2.34. The van der Waals surface area contributed by atoms with Crippen LogP contribution >= 0.6 is 11.6 Å². The number of nitrogens with two attached hydrogens (primary N) is 1. The Bertz CT molecular complexity index is 1730. The molecule has 4 aromatic rings. The molecule has 1 saturated heterocycles. The van der Waals surface area contributed by atoms with Gasteiger partial charge in [-0.25, -0.2) is 4.39 Å². The molecular weight excluding hydrogens is 579 g/mol. The van der Waals surface area contributed by atoms with Gasteiger partial charge in [0.2, 0.25) is 17.1 Å². The highest BCUT2D eigenvalue weighted by Crippen LogP contribution is 2.32. The first-order valence-electron chi connectivity index (χ1n) is 15.3. The number of halogens is 2. The van der Waals surface area contributed by atoms with Gasteiger partial charge in [-0.1, -0.05) is 60.1 Å². The summed E-state index contributed by atoms with van der Waals surface area (Å²) in [6.07, 6.45) is 11.1. The van der Waals surface area contributed by atoms with Gasteiger partial charge in [0, 0.05) is 44.3 Å². The first-order valence-corrected chi connectivity index (χ1v) is 15.8. The fourth-order valence-corrected chi connectivity index (χ4v) is 6.19. The Kier molecular flexibility index (Phi) is 9.25. The molecule has 1 aliphatic heterocycles. The molecule has 1 aliphatic carbocycles. The van der Waals surface area contributed by atoms with Crippen LogP contribution in [0.4, 0.5) is 10.1 Å². The molecule has 2 N–H and O–H groups in total. The molecule has 6 rings (SSSR count). The Hall–Kier alpha value is -3.79. The van der Waals surface area contributed by atoms with Gasteiger partial charge in [0.1, 0.15) is 5.82 Å². The van der Waals surface area contributed by atoms with E-state index >= 15 is 4.39 Å². The summed E-state index contributed by atoms with van der Waals surface area (Å²) in [5.41, 5.74) is 8.97. The third-order valence-electron chi connectivity index (χ3n) is 8.60. The number of aromatic nitrogens is 3. The lowest BCUT2D eigenvalue weighted by Crippen LogP contribution is -2.44. The average molecular weight is 617 g/mol. The maximum atomic E-state index is 15.7. The van der Waals surface area contributed by atoms with E-state index in [0.717, 1.165) is 49.9 Å². The first-order chi connectivity index (χ1) is 21.4. The third-order valence-corrected chi connectivity index (χ3v) is 8.92. The summed E-state index contributed by atoms with van der Waals surface area (Å²) < 4.78 is 23.5. The van der Waals surface area contributed by atoms with Gasteiger partial charge in [0.05, 0.1) is 28.1 Å². The van der Waals surface area contributed by atoms with Gasteiger partial charge in [-0.15, -0.1) is 11.6 Å². The number of pyridine rings is 1. The lowest BCUT2D eigenvalue weighted by molar-refractivity contribution is 0.312. The fourth-order valence-electron chi connectivity index (χ4n) is 6.03. The van der Waals surface area contributed by atoms with E-state index in [0.29, 0.717) is 43.3 Å². The zero-order valence-electron chi connectivity index (χ0n) is 25.0. The predicted octanol–water partition coefficient (Wildman–Crippen LogP) is 5.70. The summed E-state index contributed by atoms with van der Waals surface area (Å²) in [5.74, 6) is 0.0913. The van der Waals surface area contributed by atoms with Crippen LogP contribution < -0.4 is 16.1 Å². The van der Waals surface area contributed by atoms with Crippen molar-refractivity contribution < 1.29 is 8.91 Å². The van der Waals surface area contributed by atoms with Crippen molar-refractivity contribution in [3.05, 3.63) is 100.0 Å². The van der Waals surface area contributed by atoms with Crippen molar-refractivity contribution in [3.8, 4) is 11.4 Å². The quantitative estimate of drug-likeness (QED) is 0.181. The highest BCUT2D eigenvalue weighted by molar-refractivity contribution is 6.22. The van der Waals surface area contributed by atoms with Gasteiger partial charge in [-0.3, -0.25) is 4.79 Å². The Morgan fingerprint density at radius 2 is 1.93 bits per heavy atom. The van der Waals surface area contributed by atoms with Gasteiger partial charge in [0.25, 0.3) is 0 Å². The average Bonchev–Trinajstić information content (AvgIpc) is 3.52. The number of hydrogen-bond donors (Lipinski definition) is 1. The van der Waals surface area contributed by atoms with Gasteiger partial charge < -0.3 is 24.6 Å². The van der Waals surface area contributed by atoms with Gasteiger partial charge in [0.15, 0.2) is 0 Å². The molecule has 0 saturated carbocycles. The van der Waals surface area contributed by atoms with Crippen LogP contribution in [0.15, 0.2) is 81.8 Å². The van der Waals surface area contributed by atoms with Crippen molar-refractivity contribution in [2.24, 2.45) is 5.73 Å². The summed E-state index contributed by atoms with van der Waals surface area (Å²) in [7, 11) is 2.07. The molecule has 3 heterocycles. The Labute approximate surface area is 261 Å². The van der Waals surface area contributed by atoms with Crippen molar-refractivity contribution >= 4 is 28.2 Å². The number of unbranched alkanes of at least 4 members (excludes halogenated alkanes) is 1. The number of allylic oxidation sites excluding steroid dienone is 4. The van der Waals surface area contributed by atoms with Crippen molar-refractivity contribution in [1.29, 1.82) is 0 Å². The Morgan fingerprint density at radius 1 is 1.14 bits per heavy atom. The second-order valence-electron chi connectivity index (χ2n) is 11.7. The van der Waals surface area contributed by atoms with Gasteiger partial charge in [-0.05, 0) is 56.1 Å². The second-order valence-corrected chi connectivity index (χ2v) is 12.3. The Morgan fingerprint density at radius 3 is 2.66 bits per heavy atom. The molecular formula is C34H38ClFN6O2. The molecule has 2 aromatic carbocycles. The van der Waals surface area contributed by atoms with Crippen LogP contribution in [-0.2, 0) is 6.54 Å². The number of rotatable bonds is 10. The molecule has 230 valence electrons. The monoisotopic (exact) mass is 616 g/mol. The predicted molar refractivity (Wildman–Crippen MR) is 174 cm³/mol. The molecule has 2 unspecified atom stereocenters. The lowest BCUT2D eigenvalue weighted by atomic mass is 9.93. The van der Waals surface area contributed by atoms with E-state index in [-0.39, 0.29) is 33.5 Å². The standard InChI is InChI=1S/C34H38ClFN6O2/c1-40-15-17-41(18-16-40)31-20-30-27(19-29(31)36)32(43)28(22-42(30)21-23-10-12-25(35)13-11-23)33-38-34(44-39-33)26(9-5-6-14-37)24-7-3-2-4-8-24/h2-4,7-8,10-12,19-20,22,25-26H,5-6,9,13-18,21,37H2,1H3.